The molecule has 2 N–H and O–H groups in total. The van der Waals surface area contributed by atoms with E-state index < -0.39 is 11.9 Å². The van der Waals surface area contributed by atoms with Crippen LogP contribution in [-0.4, -0.2) is 30.8 Å². The van der Waals surface area contributed by atoms with Gasteiger partial charge in [-0.15, -0.1) is 0 Å². The first kappa shape index (κ1) is 11.9. The molecule has 0 aliphatic heterocycles. The highest BCUT2D eigenvalue weighted by molar-refractivity contribution is 5.77. The molecule has 92 valence electrons. The predicted molar refractivity (Wildman–Crippen MR) is 64.4 cm³/mol. The van der Waals surface area contributed by atoms with E-state index in [9.17, 15) is 9.90 Å². The molecule has 1 aliphatic rings. The summed E-state index contributed by atoms with van der Waals surface area (Å²) >= 11 is 0. The smallest absolute Gasteiger partial charge is 0.312 e. The zero-order valence-corrected chi connectivity index (χ0v) is 9.85. The molecule has 4 nitrogen and oxygen atoms in total. The molecule has 1 aromatic carbocycles. The van der Waals surface area contributed by atoms with Gasteiger partial charge in [0.25, 0.3) is 0 Å². The Balaban J connectivity index is 2.14. The van der Waals surface area contributed by atoms with Crippen LogP contribution in [0, 0.1) is 0 Å². The molecular formula is C13H17NO3. The minimum atomic E-state index is -0.817. The van der Waals surface area contributed by atoms with Crippen molar-refractivity contribution in [3.63, 3.8) is 0 Å². The fourth-order valence-corrected chi connectivity index (χ4v) is 1.86. The fraction of sp³-hybridized carbons (Fsp3) is 0.462. The number of carbonyl (C=O) groups is 1. The Morgan fingerprint density at radius 1 is 1.53 bits per heavy atom. The van der Waals surface area contributed by atoms with Crippen LogP contribution >= 0.6 is 0 Å². The monoisotopic (exact) mass is 235 g/mol. The number of ether oxygens (including phenoxy) is 1. The minimum Gasteiger partial charge on any atom is -0.496 e. The van der Waals surface area contributed by atoms with E-state index in [2.05, 4.69) is 5.32 Å². The maximum Gasteiger partial charge on any atom is 0.312 e. The molecule has 1 fully saturated rings. The normalized spacial score (nSPS) is 16.5. The Kier molecular flexibility index (Phi) is 3.64. The van der Waals surface area contributed by atoms with Crippen molar-refractivity contribution in [2.24, 2.45) is 0 Å². The Morgan fingerprint density at radius 3 is 2.82 bits per heavy atom. The second-order valence-corrected chi connectivity index (χ2v) is 4.32. The lowest BCUT2D eigenvalue weighted by molar-refractivity contribution is -0.138. The molecule has 1 unspecified atom stereocenters. The molecule has 4 heteroatoms. The molecular weight excluding hydrogens is 218 g/mol. The third kappa shape index (κ3) is 2.97. The topological polar surface area (TPSA) is 58.6 Å². The number of rotatable bonds is 6. The summed E-state index contributed by atoms with van der Waals surface area (Å²) in [5, 5.41) is 12.5. The Bertz CT molecular complexity index is 401. The summed E-state index contributed by atoms with van der Waals surface area (Å²) in [6, 6.07) is 7.79. The first-order chi connectivity index (χ1) is 8.22. The van der Waals surface area contributed by atoms with Gasteiger partial charge in [-0.2, -0.15) is 0 Å². The van der Waals surface area contributed by atoms with Crippen LogP contribution in [0.25, 0.3) is 0 Å². The van der Waals surface area contributed by atoms with Gasteiger partial charge in [-0.1, -0.05) is 18.2 Å². The average molecular weight is 235 g/mol. The fourth-order valence-electron chi connectivity index (χ4n) is 1.86. The second kappa shape index (κ2) is 5.19. The van der Waals surface area contributed by atoms with Gasteiger partial charge in [0, 0.05) is 18.2 Å². The highest BCUT2D eigenvalue weighted by Crippen LogP contribution is 2.27. The molecule has 17 heavy (non-hydrogen) atoms. The number of methoxy groups -OCH3 is 1. The molecule has 0 amide bonds. The Morgan fingerprint density at radius 2 is 2.24 bits per heavy atom. The Labute approximate surface area is 101 Å². The van der Waals surface area contributed by atoms with Gasteiger partial charge in [-0.25, -0.2) is 0 Å². The molecule has 1 aromatic rings. The SMILES string of the molecule is COc1ccccc1C(CNC1CC1)C(=O)O. The first-order valence-electron chi connectivity index (χ1n) is 5.81. The van der Waals surface area contributed by atoms with E-state index in [4.69, 9.17) is 4.74 Å². The highest BCUT2D eigenvalue weighted by atomic mass is 16.5. The van der Waals surface area contributed by atoms with Gasteiger partial charge in [-0.05, 0) is 18.9 Å². The third-order valence-electron chi connectivity index (χ3n) is 3.00. The highest BCUT2D eigenvalue weighted by Gasteiger charge is 2.27. The predicted octanol–water partition coefficient (Wildman–Crippen LogP) is 1.62. The van der Waals surface area contributed by atoms with Crippen molar-refractivity contribution in [1.29, 1.82) is 0 Å². The van der Waals surface area contributed by atoms with Crippen LogP contribution in [0.15, 0.2) is 24.3 Å². The lowest BCUT2D eigenvalue weighted by Gasteiger charge is -2.16. The van der Waals surface area contributed by atoms with E-state index in [1.807, 2.05) is 18.2 Å². The van der Waals surface area contributed by atoms with Crippen molar-refractivity contribution in [3.05, 3.63) is 29.8 Å². The maximum atomic E-state index is 11.3. The van der Waals surface area contributed by atoms with Crippen molar-refractivity contribution in [3.8, 4) is 5.75 Å². The van der Waals surface area contributed by atoms with Gasteiger partial charge in [-0.3, -0.25) is 4.79 Å². The standard InChI is InChI=1S/C13H17NO3/c1-17-12-5-3-2-4-10(12)11(13(15)16)8-14-9-6-7-9/h2-5,9,11,14H,6-8H2,1H3,(H,15,16). The Hall–Kier alpha value is -1.55. The van der Waals surface area contributed by atoms with Gasteiger partial charge in [0.05, 0.1) is 13.0 Å². The van der Waals surface area contributed by atoms with E-state index in [-0.39, 0.29) is 0 Å². The molecule has 2 rings (SSSR count). The third-order valence-corrected chi connectivity index (χ3v) is 3.00. The number of nitrogens with one attached hydrogen (secondary N) is 1. The van der Waals surface area contributed by atoms with Crippen LogP contribution in [0.1, 0.15) is 24.3 Å². The van der Waals surface area contributed by atoms with Crippen LogP contribution in [-0.2, 0) is 4.79 Å². The number of benzene rings is 1. The van der Waals surface area contributed by atoms with Crippen molar-refractivity contribution >= 4 is 5.97 Å². The summed E-state index contributed by atoms with van der Waals surface area (Å²) in [6.07, 6.45) is 2.30. The van der Waals surface area contributed by atoms with Crippen molar-refractivity contribution in [2.45, 2.75) is 24.8 Å². The van der Waals surface area contributed by atoms with E-state index in [1.165, 1.54) is 0 Å². The molecule has 1 saturated carbocycles. The van der Waals surface area contributed by atoms with Gasteiger partial charge >= 0.3 is 5.97 Å². The molecule has 0 saturated heterocycles. The van der Waals surface area contributed by atoms with Crippen LogP contribution in [0.3, 0.4) is 0 Å². The number of hydrogen-bond donors (Lipinski definition) is 2. The molecule has 1 atom stereocenters. The van der Waals surface area contributed by atoms with Gasteiger partial charge in [0.1, 0.15) is 5.75 Å². The second-order valence-electron chi connectivity index (χ2n) is 4.32. The molecule has 0 bridgehead atoms. The van der Waals surface area contributed by atoms with Gasteiger partial charge < -0.3 is 15.2 Å². The van der Waals surface area contributed by atoms with E-state index in [0.717, 1.165) is 18.4 Å². The summed E-state index contributed by atoms with van der Waals surface area (Å²) in [4.78, 5) is 11.3. The van der Waals surface area contributed by atoms with Crippen molar-refractivity contribution in [2.75, 3.05) is 13.7 Å². The number of aliphatic carboxylic acids is 1. The van der Waals surface area contributed by atoms with Gasteiger partial charge in [0.15, 0.2) is 0 Å². The minimum absolute atomic E-state index is 0.459. The molecule has 0 radical (unpaired) electrons. The number of hydrogen-bond acceptors (Lipinski definition) is 3. The zero-order chi connectivity index (χ0) is 12.3. The number of carboxylic acids is 1. The number of para-hydroxylation sites is 1. The van der Waals surface area contributed by atoms with Gasteiger partial charge in [0.2, 0.25) is 0 Å². The van der Waals surface area contributed by atoms with E-state index in [1.54, 1.807) is 13.2 Å². The summed E-state index contributed by atoms with van der Waals surface area (Å²) in [5.74, 6) is -0.730. The summed E-state index contributed by atoms with van der Waals surface area (Å²) < 4.78 is 5.21. The van der Waals surface area contributed by atoms with E-state index in [0.29, 0.717) is 18.3 Å². The van der Waals surface area contributed by atoms with Crippen LogP contribution < -0.4 is 10.1 Å². The average Bonchev–Trinajstić information content (AvgIpc) is 3.13. The molecule has 1 aliphatic carbocycles. The largest absolute Gasteiger partial charge is 0.496 e. The lowest BCUT2D eigenvalue weighted by atomic mass is 9.98. The lowest BCUT2D eigenvalue weighted by Crippen LogP contribution is -2.28. The molecule has 0 aromatic heterocycles. The summed E-state index contributed by atoms with van der Waals surface area (Å²) in [5.41, 5.74) is 0.732. The van der Waals surface area contributed by atoms with Crippen molar-refractivity contribution in [1.82, 2.24) is 5.32 Å². The quantitative estimate of drug-likeness (QED) is 0.786. The van der Waals surface area contributed by atoms with E-state index >= 15 is 0 Å². The molecule has 0 spiro atoms. The summed E-state index contributed by atoms with van der Waals surface area (Å²) in [7, 11) is 1.56. The van der Waals surface area contributed by atoms with Crippen molar-refractivity contribution < 1.29 is 14.6 Å². The van der Waals surface area contributed by atoms with Crippen LogP contribution in [0.4, 0.5) is 0 Å². The maximum absolute atomic E-state index is 11.3. The zero-order valence-electron chi connectivity index (χ0n) is 9.85. The summed E-state index contributed by atoms with van der Waals surface area (Å²) in [6.45, 7) is 0.459. The first-order valence-corrected chi connectivity index (χ1v) is 5.81. The molecule has 0 heterocycles. The number of carboxylic acid groups (broad SMARTS) is 1. The van der Waals surface area contributed by atoms with Crippen LogP contribution in [0.5, 0.6) is 5.75 Å². The van der Waals surface area contributed by atoms with Crippen LogP contribution in [0.2, 0.25) is 0 Å².